The molecule has 2 aromatic rings. The number of pyridine rings is 1. The highest BCUT2D eigenvalue weighted by molar-refractivity contribution is 7.15. The van der Waals surface area contributed by atoms with Crippen LogP contribution in [0.15, 0.2) is 24.5 Å². The van der Waals surface area contributed by atoms with Crippen molar-refractivity contribution in [2.24, 2.45) is 0 Å². The Labute approximate surface area is 158 Å². The number of ether oxygens (including phenoxy) is 1. The van der Waals surface area contributed by atoms with Gasteiger partial charge in [-0.3, -0.25) is 9.69 Å². The minimum Gasteiger partial charge on any atom is -0.481 e. The third-order valence-electron chi connectivity index (χ3n) is 4.56. The van der Waals surface area contributed by atoms with E-state index in [9.17, 15) is 4.79 Å². The number of likely N-dealkylation sites (N-methyl/N-ethyl adjacent to an activating group) is 1. The number of rotatable bonds is 6. The molecule has 1 aliphatic heterocycles. The zero-order chi connectivity index (χ0) is 18.5. The van der Waals surface area contributed by atoms with Crippen molar-refractivity contribution in [1.82, 2.24) is 19.8 Å². The number of thiazole rings is 1. The zero-order valence-electron chi connectivity index (χ0n) is 15.4. The van der Waals surface area contributed by atoms with E-state index in [1.165, 1.54) is 17.4 Å². The van der Waals surface area contributed by atoms with Crippen LogP contribution in [0, 0.1) is 0 Å². The lowest BCUT2D eigenvalue weighted by Crippen LogP contribution is -2.51. The number of hydrogen-bond donors (Lipinski definition) is 1. The molecule has 0 spiro atoms. The molecular formula is C18H25N5O2S. The Hall–Kier alpha value is -2.03. The third-order valence-corrected chi connectivity index (χ3v) is 5.45. The lowest BCUT2D eigenvalue weighted by molar-refractivity contribution is -0.114. The van der Waals surface area contributed by atoms with E-state index >= 15 is 0 Å². The zero-order valence-corrected chi connectivity index (χ0v) is 16.3. The Bertz CT molecular complexity index is 751. The maximum absolute atomic E-state index is 11.1. The predicted octanol–water partition coefficient (Wildman–Crippen LogP) is 1.86. The van der Waals surface area contributed by atoms with Crippen LogP contribution in [-0.2, 0) is 17.8 Å². The summed E-state index contributed by atoms with van der Waals surface area (Å²) in [6, 6.07) is 4.51. The van der Waals surface area contributed by atoms with Crippen LogP contribution in [0.1, 0.15) is 17.4 Å². The molecule has 0 bridgehead atoms. The molecule has 1 saturated heterocycles. The van der Waals surface area contributed by atoms with Gasteiger partial charge in [-0.1, -0.05) is 0 Å². The van der Waals surface area contributed by atoms with Gasteiger partial charge in [0.05, 0.1) is 7.11 Å². The summed E-state index contributed by atoms with van der Waals surface area (Å²) in [4.78, 5) is 25.6. The summed E-state index contributed by atoms with van der Waals surface area (Å²) in [7, 11) is 3.83. The number of carbonyl (C=O) groups is 1. The van der Waals surface area contributed by atoms with Crippen LogP contribution in [0.5, 0.6) is 5.88 Å². The highest BCUT2D eigenvalue weighted by Crippen LogP contribution is 2.22. The normalized spacial score (nSPS) is 18.7. The van der Waals surface area contributed by atoms with Crippen LogP contribution in [0.2, 0.25) is 0 Å². The molecule has 1 N–H and O–H groups in total. The Morgan fingerprint density at radius 3 is 3.04 bits per heavy atom. The minimum absolute atomic E-state index is 0.0849. The SMILES string of the molecule is COc1cc(CC2CN(Cc3cnc(NC(C)=O)s3)CCN2C)ccn1. The van der Waals surface area contributed by atoms with E-state index in [0.29, 0.717) is 17.1 Å². The van der Waals surface area contributed by atoms with E-state index < -0.39 is 0 Å². The third kappa shape index (κ3) is 5.00. The smallest absolute Gasteiger partial charge is 0.223 e. The largest absolute Gasteiger partial charge is 0.481 e. The molecule has 0 aliphatic carbocycles. The van der Waals surface area contributed by atoms with E-state index in [2.05, 4.69) is 38.2 Å². The van der Waals surface area contributed by atoms with Crippen molar-refractivity contribution in [2.75, 3.05) is 39.1 Å². The fraction of sp³-hybridized carbons (Fsp3) is 0.500. The molecule has 3 heterocycles. The number of aromatic nitrogens is 2. The molecule has 140 valence electrons. The van der Waals surface area contributed by atoms with Crippen LogP contribution in [0.4, 0.5) is 5.13 Å². The van der Waals surface area contributed by atoms with Gasteiger partial charge in [-0.25, -0.2) is 9.97 Å². The van der Waals surface area contributed by atoms with Gasteiger partial charge < -0.3 is 15.0 Å². The predicted molar refractivity (Wildman–Crippen MR) is 103 cm³/mol. The molecule has 1 atom stereocenters. The number of carbonyl (C=O) groups excluding carboxylic acids is 1. The van der Waals surface area contributed by atoms with Crippen molar-refractivity contribution >= 4 is 22.4 Å². The first-order chi connectivity index (χ1) is 12.5. The fourth-order valence-corrected chi connectivity index (χ4v) is 4.05. The molecule has 3 rings (SSSR count). The molecule has 2 aromatic heterocycles. The number of hydrogen-bond acceptors (Lipinski definition) is 7. The number of methoxy groups -OCH3 is 1. The molecule has 0 radical (unpaired) electrons. The number of piperazine rings is 1. The number of anilines is 1. The second kappa shape index (κ2) is 8.57. The maximum Gasteiger partial charge on any atom is 0.223 e. The van der Waals surface area contributed by atoms with E-state index in [0.717, 1.165) is 32.6 Å². The number of amides is 1. The van der Waals surface area contributed by atoms with E-state index in [-0.39, 0.29) is 5.91 Å². The quantitative estimate of drug-likeness (QED) is 0.831. The van der Waals surface area contributed by atoms with Gasteiger partial charge in [-0.2, -0.15) is 0 Å². The first-order valence-corrected chi connectivity index (χ1v) is 9.49. The molecule has 8 heteroatoms. The lowest BCUT2D eigenvalue weighted by Gasteiger charge is -2.39. The molecule has 0 aromatic carbocycles. The van der Waals surface area contributed by atoms with E-state index in [1.807, 2.05) is 12.3 Å². The van der Waals surface area contributed by atoms with Crippen molar-refractivity contribution in [3.05, 3.63) is 35.0 Å². The van der Waals surface area contributed by atoms with Gasteiger partial charge in [-0.05, 0) is 25.1 Å². The highest BCUT2D eigenvalue weighted by Gasteiger charge is 2.25. The van der Waals surface area contributed by atoms with Crippen molar-refractivity contribution in [3.63, 3.8) is 0 Å². The average molecular weight is 375 g/mol. The second-order valence-electron chi connectivity index (χ2n) is 6.59. The fourth-order valence-electron chi connectivity index (χ4n) is 3.14. The van der Waals surface area contributed by atoms with Crippen LogP contribution in [0.3, 0.4) is 0 Å². The van der Waals surface area contributed by atoms with E-state index in [1.54, 1.807) is 24.6 Å². The van der Waals surface area contributed by atoms with Crippen molar-refractivity contribution < 1.29 is 9.53 Å². The Morgan fingerprint density at radius 2 is 2.27 bits per heavy atom. The summed E-state index contributed by atoms with van der Waals surface area (Å²) in [5, 5.41) is 3.41. The summed E-state index contributed by atoms with van der Waals surface area (Å²) >= 11 is 1.54. The first-order valence-electron chi connectivity index (χ1n) is 8.67. The maximum atomic E-state index is 11.1. The van der Waals surface area contributed by atoms with Gasteiger partial charge in [0.25, 0.3) is 0 Å². The summed E-state index contributed by atoms with van der Waals surface area (Å²) in [6.07, 6.45) is 4.62. The topological polar surface area (TPSA) is 70.6 Å². The summed E-state index contributed by atoms with van der Waals surface area (Å²) < 4.78 is 5.23. The summed E-state index contributed by atoms with van der Waals surface area (Å²) in [6.45, 7) is 5.42. The number of nitrogens with zero attached hydrogens (tertiary/aromatic N) is 4. The van der Waals surface area contributed by atoms with Gasteiger partial charge >= 0.3 is 0 Å². The number of nitrogens with one attached hydrogen (secondary N) is 1. The molecule has 1 fully saturated rings. The van der Waals surface area contributed by atoms with Crippen molar-refractivity contribution in [2.45, 2.75) is 25.9 Å². The van der Waals surface area contributed by atoms with Gasteiger partial charge in [0, 0.05) is 62.5 Å². The lowest BCUT2D eigenvalue weighted by atomic mass is 10.0. The van der Waals surface area contributed by atoms with Crippen LogP contribution in [0.25, 0.3) is 0 Å². The molecule has 1 aliphatic rings. The molecule has 1 unspecified atom stereocenters. The molecular weight excluding hydrogens is 350 g/mol. The molecule has 0 saturated carbocycles. The van der Waals surface area contributed by atoms with Crippen LogP contribution < -0.4 is 10.1 Å². The van der Waals surface area contributed by atoms with Gasteiger partial charge in [-0.15, -0.1) is 11.3 Å². The molecule has 1 amide bonds. The standard InChI is InChI=1S/C18H25N5O2S/c1-13(24)21-18-20-10-16(26-18)12-23-7-6-22(2)15(11-23)8-14-4-5-19-17(9-14)25-3/h4-5,9-10,15H,6-8,11-12H2,1-3H3,(H,20,21,24). The Balaban J connectivity index is 1.60. The van der Waals surface area contributed by atoms with Crippen LogP contribution in [-0.4, -0.2) is 65.5 Å². The van der Waals surface area contributed by atoms with Gasteiger partial charge in [0.1, 0.15) is 0 Å². The average Bonchev–Trinajstić information content (AvgIpc) is 3.04. The Kier molecular flexibility index (Phi) is 6.18. The summed E-state index contributed by atoms with van der Waals surface area (Å²) in [5.41, 5.74) is 1.24. The highest BCUT2D eigenvalue weighted by atomic mass is 32.1. The molecule has 26 heavy (non-hydrogen) atoms. The minimum atomic E-state index is -0.0849. The van der Waals surface area contributed by atoms with E-state index in [4.69, 9.17) is 4.74 Å². The molecule has 7 nitrogen and oxygen atoms in total. The summed E-state index contributed by atoms with van der Waals surface area (Å²) in [5.74, 6) is 0.575. The second-order valence-corrected chi connectivity index (χ2v) is 7.71. The van der Waals surface area contributed by atoms with Crippen molar-refractivity contribution in [3.8, 4) is 5.88 Å². The van der Waals surface area contributed by atoms with Gasteiger partial charge in [0.15, 0.2) is 5.13 Å². The van der Waals surface area contributed by atoms with Crippen molar-refractivity contribution in [1.29, 1.82) is 0 Å². The Morgan fingerprint density at radius 1 is 1.42 bits per heavy atom. The van der Waals surface area contributed by atoms with Gasteiger partial charge in [0.2, 0.25) is 11.8 Å². The van der Waals surface area contributed by atoms with Crippen LogP contribution >= 0.6 is 11.3 Å². The first kappa shape index (κ1) is 18.8. The monoisotopic (exact) mass is 375 g/mol.